The maximum atomic E-state index is 12.9. The van der Waals surface area contributed by atoms with Crippen molar-refractivity contribution < 1.29 is 52.7 Å². The molecule has 1 N–H and O–H groups in total. The van der Waals surface area contributed by atoms with Crippen molar-refractivity contribution in [2.24, 2.45) is 40.9 Å². The van der Waals surface area contributed by atoms with Crippen molar-refractivity contribution in [3.05, 3.63) is 271 Å². The highest BCUT2D eigenvalue weighted by atomic mass is 35.5. The number of aromatic nitrogens is 15. The second-order valence-electron chi connectivity index (χ2n) is 41.8. The molecule has 15 heterocycles. The van der Waals surface area contributed by atoms with Crippen LogP contribution in [0.3, 0.4) is 0 Å². The van der Waals surface area contributed by atoms with Crippen LogP contribution in [0.5, 0.6) is 5.75 Å². The molecule has 8 saturated heterocycles. The van der Waals surface area contributed by atoms with Gasteiger partial charge in [0, 0.05) is 210 Å². The average molecular weight is 2070 g/mol. The van der Waals surface area contributed by atoms with Gasteiger partial charge in [-0.1, -0.05) is 119 Å². The number of aryl methyl sites for hydroxylation is 3. The first-order chi connectivity index (χ1) is 71.2. The Labute approximate surface area is 875 Å². The predicted molar refractivity (Wildman–Crippen MR) is 558 cm³/mol. The Hall–Kier alpha value is -13.4. The molecule has 35 nitrogen and oxygen atoms in total. The summed E-state index contributed by atoms with van der Waals surface area (Å²) in [4.78, 5) is 144. The highest BCUT2D eigenvalue weighted by molar-refractivity contribution is 6.33. The van der Waals surface area contributed by atoms with Crippen molar-refractivity contribution in [3.63, 3.8) is 0 Å². The Morgan fingerprint density at radius 3 is 1.51 bits per heavy atom. The molecule has 8 atom stereocenters. The van der Waals surface area contributed by atoms with Crippen LogP contribution in [0.4, 0.5) is 24.0 Å². The van der Waals surface area contributed by atoms with Gasteiger partial charge in [-0.2, -0.15) is 54.1 Å². The molecule has 148 heavy (non-hydrogen) atoms. The molecule has 0 radical (unpaired) electrons. The number of H-pyrrole nitrogens is 1. The fourth-order valence-corrected chi connectivity index (χ4v) is 24.2. The molecule has 2 spiro atoms. The summed E-state index contributed by atoms with van der Waals surface area (Å²) < 4.78 is 12.7. The van der Waals surface area contributed by atoms with E-state index in [1.165, 1.54) is 104 Å². The standard InChI is InChI=1S/C25H25N3O3.C23H28N8O2.C21H24Cl2N4O2.C21H27N5O2.C20H23ClN4O2/c1-17(29)24-10-11-28(26-24)25(30)27-15-20-13-23(14-21(20)16-27)31-22-9-5-8-19(12-22)18-6-3-2-4-7-18;1-16-4-5-18(19(14-16)21-24-27-28-25-21)15-30-10-3-7-23(30)8-12-29(13-9-23)22(33)31-11-6-20(26-31)17(2)32;1-13(28)18-12-27(24-20(18)23)21(29)26-10-15-7-17(8-16(15)11-26)25(2)9-14-5-3-4-6-19(14)22;1-16-3-8-22-13-18(16)14-24-10-5-21(15-24)6-11-25(12-7-21)20(28)26-9-4-19(23-26)17(2)27;1-13-5-15(7-18(21)6-13)8-23-9-16-11-24(12-17(16)10-23)20(27)25-4-3-19(22-25)14(2)26/h2-12,20-21,23H,13-16H2,1H3;4-6,11,14H,3,7-10,12-13,15H2,1-2H3,(H,24,25,27,28);3-6,12,15-17H,7-11H2,1-2H3;3-4,8-9,13H,5-7,10-12,14-15H2,1-2H3;3-7,16-17H,8-12H2,1-2H3/t20-,21+,23?;;15-,16+,17?;;. The van der Waals surface area contributed by atoms with Crippen molar-refractivity contribution in [1.82, 2.24) is 119 Å². The molecule has 10 aliphatic rings. The summed E-state index contributed by atoms with van der Waals surface area (Å²) >= 11 is 18.5. The van der Waals surface area contributed by atoms with Crippen LogP contribution in [-0.4, -0.2) is 301 Å². The van der Waals surface area contributed by atoms with Gasteiger partial charge in [0.1, 0.15) is 28.5 Å². The Kier molecular flexibility index (Phi) is 32.3. The van der Waals surface area contributed by atoms with Crippen LogP contribution in [0.15, 0.2) is 189 Å². The molecule has 10 fully saturated rings. The highest BCUT2D eigenvalue weighted by Gasteiger charge is 2.49. The van der Waals surface area contributed by atoms with E-state index in [0.717, 1.165) is 187 Å². The van der Waals surface area contributed by atoms with Crippen molar-refractivity contribution in [2.75, 3.05) is 105 Å². The monoisotopic (exact) mass is 2060 g/mol. The van der Waals surface area contributed by atoms with Crippen LogP contribution in [0.25, 0.3) is 22.5 Å². The minimum Gasteiger partial charge on any atom is -0.490 e. The van der Waals surface area contributed by atoms with Crippen molar-refractivity contribution in [3.8, 4) is 28.3 Å². The molecule has 8 aliphatic heterocycles. The van der Waals surface area contributed by atoms with Crippen molar-refractivity contribution >= 4 is 93.9 Å². The van der Waals surface area contributed by atoms with Crippen LogP contribution in [0.2, 0.25) is 15.2 Å². The van der Waals surface area contributed by atoms with E-state index < -0.39 is 0 Å². The van der Waals surface area contributed by atoms with E-state index in [1.54, 1.807) is 49.1 Å². The molecule has 2 aliphatic carbocycles. The van der Waals surface area contributed by atoms with E-state index in [9.17, 15) is 47.9 Å². The number of aromatic amines is 1. The zero-order valence-corrected chi connectivity index (χ0v) is 87.4. The Morgan fingerprint density at radius 2 is 0.980 bits per heavy atom. The molecule has 5 aromatic carbocycles. The normalized spacial score (nSPS) is 21.1. The van der Waals surface area contributed by atoms with Crippen molar-refractivity contribution in [1.29, 1.82) is 0 Å². The molecular formula is C110H127Cl3N24O11. The molecule has 7 aromatic heterocycles. The Balaban J connectivity index is 0.000000121. The summed E-state index contributed by atoms with van der Waals surface area (Å²) in [5.41, 5.74) is 13.8. The van der Waals surface area contributed by atoms with E-state index in [-0.39, 0.29) is 81.4 Å². The number of piperidine rings is 2. The first-order valence-corrected chi connectivity index (χ1v) is 52.3. The van der Waals surface area contributed by atoms with Crippen LogP contribution in [0.1, 0.15) is 197 Å². The topological polar surface area (TPSA) is 366 Å². The summed E-state index contributed by atoms with van der Waals surface area (Å²) in [6.07, 6.45) is 23.1. The van der Waals surface area contributed by atoms with Crippen molar-refractivity contribution in [2.45, 2.75) is 170 Å². The molecule has 12 aromatic rings. The molecule has 5 amide bonds. The minimum absolute atomic E-state index is 0.0755. The summed E-state index contributed by atoms with van der Waals surface area (Å²) in [6.45, 7) is 29.3. The number of benzene rings is 5. The number of hydrogen-bond donors (Lipinski definition) is 1. The number of fused-ring (bicyclic) bond motifs is 3. The van der Waals surface area contributed by atoms with Gasteiger partial charge in [-0.3, -0.25) is 48.6 Å². The average Bonchev–Trinajstić information content (AvgIpc) is 1.87. The number of tetrazole rings is 1. The Bertz CT molecular complexity index is 6800. The van der Waals surface area contributed by atoms with E-state index >= 15 is 0 Å². The second kappa shape index (κ2) is 45.7. The van der Waals surface area contributed by atoms with E-state index in [4.69, 9.17) is 39.5 Å². The van der Waals surface area contributed by atoms with E-state index in [1.807, 2.05) is 97.6 Å². The van der Waals surface area contributed by atoms with Gasteiger partial charge in [-0.15, -0.1) is 10.2 Å². The first kappa shape index (κ1) is 105. The molecular weight excluding hydrogens is 1940 g/mol. The number of halogens is 3. The molecule has 0 bridgehead atoms. The van der Waals surface area contributed by atoms with Crippen LogP contribution >= 0.6 is 34.8 Å². The third-order valence-electron chi connectivity index (χ3n) is 31.5. The van der Waals surface area contributed by atoms with Gasteiger partial charge in [0.15, 0.2) is 34.1 Å². The molecule has 4 unspecified atom stereocenters. The summed E-state index contributed by atoms with van der Waals surface area (Å²) in [7, 11) is 2.15. The number of nitrogens with one attached hydrogen (secondary N) is 1. The smallest absolute Gasteiger partial charge is 0.344 e. The number of hydrogen-bond acceptors (Lipinski definition) is 24. The predicted octanol–water partition coefficient (Wildman–Crippen LogP) is 17.2. The molecule has 38 heteroatoms. The molecule has 22 rings (SSSR count). The molecule has 774 valence electrons. The summed E-state index contributed by atoms with van der Waals surface area (Å²) in [6, 6.07) is 47.2. The second-order valence-corrected chi connectivity index (χ2v) is 43.0. The fourth-order valence-electron chi connectivity index (χ4n) is 23.4. The quantitative estimate of drug-likeness (QED) is 0.0780. The fraction of sp³-hybridized carbons (Fsp3) is 0.445. The number of amides is 5. The van der Waals surface area contributed by atoms with Gasteiger partial charge < -0.3 is 29.2 Å². The number of likely N-dealkylation sites (tertiary alicyclic amines) is 8. The van der Waals surface area contributed by atoms with Gasteiger partial charge in [0.25, 0.3) is 0 Å². The van der Waals surface area contributed by atoms with Gasteiger partial charge in [-0.25, -0.2) is 24.0 Å². The van der Waals surface area contributed by atoms with Gasteiger partial charge in [-0.05, 0) is 276 Å². The number of pyridine rings is 1. The zero-order valence-electron chi connectivity index (χ0n) is 85.1. The maximum absolute atomic E-state index is 12.9. The number of Topliss-reactive ketones (excluding diaryl/α,β-unsaturated/α-hetero) is 5. The van der Waals surface area contributed by atoms with Gasteiger partial charge in [0.05, 0.1) is 11.7 Å². The van der Waals surface area contributed by atoms with E-state index in [0.29, 0.717) is 115 Å². The summed E-state index contributed by atoms with van der Waals surface area (Å²) in [5, 5.41) is 36.8. The zero-order chi connectivity index (χ0) is 104. The number of ketones is 5. The van der Waals surface area contributed by atoms with Gasteiger partial charge >= 0.3 is 30.2 Å². The number of nitrogens with zero attached hydrogens (tertiary/aromatic N) is 23. The number of carbonyl (C=O) groups is 10. The lowest BCUT2D eigenvalue weighted by molar-refractivity contribution is 0.0585. The highest BCUT2D eigenvalue weighted by Crippen LogP contribution is 2.46. The number of carbonyl (C=O) groups excluding carboxylic acids is 10. The van der Waals surface area contributed by atoms with Crippen LogP contribution in [0, 0.1) is 61.7 Å². The first-order valence-electron chi connectivity index (χ1n) is 51.1. The number of ether oxygens (including phenoxy) is 1. The van der Waals surface area contributed by atoms with Crippen LogP contribution in [-0.2, 0) is 26.2 Å². The molecule has 2 saturated carbocycles. The minimum atomic E-state index is -0.213. The SMILES string of the molecule is CC(=O)c1ccn(C(=O)N2CC3CN(Cc4cc(C)cc(Cl)c4)CC3C2)n1.CC(=O)c1ccn(C(=O)N2CCC3(CCCN3Cc3ccc(C)cc3-c3nn[nH]n3)CC2)n1.CC(=O)c1ccn(C(=O)N2CCC3(CCN(Cc4cnccc4C)C3)CC2)n1.CC(=O)c1ccn(C(=O)N2C[C@H]3CC(Oc4cccc(-c5ccccc5)c4)C[C@H]3C2)n1.CC(=O)c1cn(C(=O)N2C[C@H]3CC(N(C)Cc4ccccc4Cl)C[C@H]3C2)nc1Cl. The van der Waals surface area contributed by atoms with E-state index in [2.05, 4.69) is 159 Å². The Morgan fingerprint density at radius 1 is 0.453 bits per heavy atom. The lowest BCUT2D eigenvalue weighted by Gasteiger charge is -2.45. The lowest BCUT2D eigenvalue weighted by atomic mass is 9.78. The number of rotatable bonds is 18. The maximum Gasteiger partial charge on any atom is 0.344 e. The third kappa shape index (κ3) is 24.4. The third-order valence-corrected chi connectivity index (χ3v) is 32.3. The summed E-state index contributed by atoms with van der Waals surface area (Å²) in [5.74, 6) is 3.59. The largest absolute Gasteiger partial charge is 0.490 e. The van der Waals surface area contributed by atoms with Gasteiger partial charge in [0.2, 0.25) is 5.82 Å². The van der Waals surface area contributed by atoms with Crippen LogP contribution < -0.4 is 4.74 Å². The lowest BCUT2D eigenvalue weighted by Crippen LogP contribution is -2.53.